The molecule has 0 spiro atoms. The van der Waals surface area contributed by atoms with E-state index < -0.39 is 16.1 Å². The minimum absolute atomic E-state index is 0.0216. The third-order valence-corrected chi connectivity index (χ3v) is 7.70. The van der Waals surface area contributed by atoms with Crippen LogP contribution in [0.4, 0.5) is 5.69 Å². The fourth-order valence-corrected chi connectivity index (χ4v) is 5.88. The molecule has 2 aliphatic rings. The van der Waals surface area contributed by atoms with Crippen molar-refractivity contribution in [1.29, 1.82) is 0 Å². The smallest absolute Gasteiger partial charge is 0.246 e. The van der Waals surface area contributed by atoms with E-state index in [4.69, 9.17) is 4.74 Å². The monoisotopic (exact) mass is 425 g/mol. The predicted molar refractivity (Wildman–Crippen MR) is 111 cm³/mol. The molecule has 29 heavy (non-hydrogen) atoms. The summed E-state index contributed by atoms with van der Waals surface area (Å²) in [6, 6.07) is 4.64. The van der Waals surface area contributed by atoms with Gasteiger partial charge in [0.2, 0.25) is 15.9 Å². The summed E-state index contributed by atoms with van der Waals surface area (Å²) in [7, 11) is -0.439. The molecule has 8 nitrogen and oxygen atoms in total. The highest BCUT2D eigenvalue weighted by Gasteiger charge is 2.31. The lowest BCUT2D eigenvalue weighted by atomic mass is 10.2. The van der Waals surface area contributed by atoms with Gasteiger partial charge in [0, 0.05) is 24.8 Å². The van der Waals surface area contributed by atoms with E-state index in [2.05, 4.69) is 5.32 Å². The van der Waals surface area contributed by atoms with Crippen molar-refractivity contribution in [2.24, 2.45) is 0 Å². The topological polar surface area (TPSA) is 99.2 Å². The first-order valence-electron chi connectivity index (χ1n) is 10.2. The maximum Gasteiger partial charge on any atom is 0.246 e. The lowest BCUT2D eigenvalue weighted by molar-refractivity contribution is -0.117. The molecule has 0 bridgehead atoms. The molecular formula is C20H31N3O5S. The number of ether oxygens (including phenoxy) is 1. The minimum atomic E-state index is -3.69. The number of carbonyl (C=O) groups is 1. The Hall–Kier alpha value is -1.68. The fraction of sp³-hybridized carbons (Fsp3) is 0.650. The molecule has 1 heterocycles. The molecule has 0 aromatic heterocycles. The van der Waals surface area contributed by atoms with Crippen LogP contribution in [0.25, 0.3) is 0 Å². The van der Waals surface area contributed by atoms with Crippen LogP contribution in [0.3, 0.4) is 0 Å². The van der Waals surface area contributed by atoms with Crippen molar-refractivity contribution in [1.82, 2.24) is 9.21 Å². The third-order valence-electron chi connectivity index (χ3n) is 5.78. The number of nitrogens with one attached hydrogen (secondary N) is 1. The van der Waals surface area contributed by atoms with Crippen LogP contribution in [-0.2, 0) is 14.8 Å². The van der Waals surface area contributed by atoms with Gasteiger partial charge in [-0.15, -0.1) is 0 Å². The van der Waals surface area contributed by atoms with Gasteiger partial charge >= 0.3 is 0 Å². The number of hydrogen-bond acceptors (Lipinski definition) is 6. The van der Waals surface area contributed by atoms with Crippen molar-refractivity contribution < 1.29 is 23.1 Å². The van der Waals surface area contributed by atoms with Crippen molar-refractivity contribution in [2.45, 2.75) is 55.6 Å². The van der Waals surface area contributed by atoms with Crippen LogP contribution in [0.1, 0.15) is 38.5 Å². The lowest BCUT2D eigenvalue weighted by Crippen LogP contribution is -2.42. The van der Waals surface area contributed by atoms with E-state index in [1.807, 2.05) is 11.9 Å². The zero-order valence-corrected chi connectivity index (χ0v) is 18.0. The normalized spacial score (nSPS) is 23.3. The number of sulfonamides is 1. The zero-order chi connectivity index (χ0) is 21.0. The quantitative estimate of drug-likeness (QED) is 0.689. The number of likely N-dealkylation sites (N-methyl/N-ethyl adjacent to an activating group) is 1. The van der Waals surface area contributed by atoms with Gasteiger partial charge in [-0.25, -0.2) is 8.42 Å². The molecule has 2 fully saturated rings. The molecule has 1 amide bonds. The summed E-state index contributed by atoms with van der Waals surface area (Å²) in [5.41, 5.74) is 0.409. The summed E-state index contributed by atoms with van der Waals surface area (Å²) < 4.78 is 32.9. The molecule has 1 saturated carbocycles. The van der Waals surface area contributed by atoms with Crippen molar-refractivity contribution in [3.63, 3.8) is 0 Å². The fourth-order valence-electron chi connectivity index (χ4n) is 4.18. The summed E-state index contributed by atoms with van der Waals surface area (Å²) in [5, 5.41) is 12.8. The largest absolute Gasteiger partial charge is 0.495 e. The standard InChI is InChI=1S/C20H31N3O5S/c1-22(16-7-6-8-17(16)24)14-20(25)21-15-9-10-18(28-2)19(13-15)29(26,27)23-11-4-3-5-12-23/h9-10,13,16-17,24H,3-8,11-12,14H2,1-2H3,(H,21,25)/t16-,17+/m1/s1. The molecule has 2 N–H and O–H groups in total. The highest BCUT2D eigenvalue weighted by molar-refractivity contribution is 7.89. The van der Waals surface area contributed by atoms with Gasteiger partial charge in [0.05, 0.1) is 19.8 Å². The van der Waals surface area contributed by atoms with Crippen LogP contribution in [0.5, 0.6) is 5.75 Å². The first kappa shape index (κ1) is 22.0. The Morgan fingerprint density at radius 3 is 2.59 bits per heavy atom. The van der Waals surface area contributed by atoms with Gasteiger partial charge in [0.15, 0.2) is 0 Å². The van der Waals surface area contributed by atoms with Crippen molar-refractivity contribution >= 4 is 21.6 Å². The van der Waals surface area contributed by atoms with E-state index in [0.717, 1.165) is 38.5 Å². The number of carbonyl (C=O) groups excluding carboxylic acids is 1. The number of amides is 1. The Labute approximate surface area is 172 Å². The SMILES string of the molecule is COc1ccc(NC(=O)CN(C)[C@@H]2CCC[C@@H]2O)cc1S(=O)(=O)N1CCCCC1. The van der Waals surface area contributed by atoms with Crippen molar-refractivity contribution in [2.75, 3.05) is 39.1 Å². The third kappa shape index (κ3) is 5.09. The van der Waals surface area contributed by atoms with Gasteiger partial charge < -0.3 is 15.2 Å². The van der Waals surface area contributed by atoms with Crippen molar-refractivity contribution in [3.8, 4) is 5.75 Å². The number of hydrogen-bond donors (Lipinski definition) is 2. The molecule has 2 atom stereocenters. The van der Waals surface area contributed by atoms with E-state index in [9.17, 15) is 18.3 Å². The summed E-state index contributed by atoms with van der Waals surface area (Å²) in [5.74, 6) is 0.0119. The molecule has 162 valence electrons. The molecule has 3 rings (SSSR count). The first-order chi connectivity index (χ1) is 13.8. The number of anilines is 1. The number of nitrogens with zero attached hydrogens (tertiary/aromatic N) is 2. The molecule has 9 heteroatoms. The number of piperidine rings is 1. The van der Waals surface area contributed by atoms with E-state index in [1.54, 1.807) is 12.1 Å². The van der Waals surface area contributed by atoms with E-state index in [0.29, 0.717) is 18.8 Å². The Bertz CT molecular complexity index is 823. The summed E-state index contributed by atoms with van der Waals surface area (Å²) >= 11 is 0. The number of aliphatic hydroxyl groups is 1. The molecule has 0 unspecified atom stereocenters. The van der Waals surface area contributed by atoms with Gasteiger partial charge in [-0.3, -0.25) is 9.69 Å². The molecule has 1 aliphatic heterocycles. The van der Waals surface area contributed by atoms with Gasteiger partial charge in [0.25, 0.3) is 0 Å². The second-order valence-electron chi connectivity index (χ2n) is 7.86. The van der Waals surface area contributed by atoms with E-state index in [1.165, 1.54) is 17.5 Å². The maximum absolute atomic E-state index is 13.1. The average molecular weight is 426 g/mol. The Morgan fingerprint density at radius 2 is 1.97 bits per heavy atom. The highest BCUT2D eigenvalue weighted by atomic mass is 32.2. The predicted octanol–water partition coefficient (Wildman–Crippen LogP) is 1.65. The minimum Gasteiger partial charge on any atom is -0.495 e. The maximum atomic E-state index is 13.1. The van der Waals surface area contributed by atoms with E-state index >= 15 is 0 Å². The number of methoxy groups -OCH3 is 1. The summed E-state index contributed by atoms with van der Waals surface area (Å²) in [4.78, 5) is 14.4. The van der Waals surface area contributed by atoms with Crippen LogP contribution >= 0.6 is 0 Å². The molecule has 1 aromatic rings. The van der Waals surface area contributed by atoms with Crippen LogP contribution in [0, 0.1) is 0 Å². The number of benzene rings is 1. The number of rotatable bonds is 7. The number of aliphatic hydroxyl groups excluding tert-OH is 1. The molecule has 1 aromatic carbocycles. The van der Waals surface area contributed by atoms with Gasteiger partial charge in [-0.1, -0.05) is 6.42 Å². The molecule has 1 aliphatic carbocycles. The van der Waals surface area contributed by atoms with Crippen LogP contribution in [-0.4, -0.2) is 74.6 Å². The van der Waals surface area contributed by atoms with Gasteiger partial charge in [0.1, 0.15) is 10.6 Å². The Balaban J connectivity index is 1.73. The average Bonchev–Trinajstić information content (AvgIpc) is 3.14. The van der Waals surface area contributed by atoms with Crippen LogP contribution < -0.4 is 10.1 Å². The molecule has 1 saturated heterocycles. The van der Waals surface area contributed by atoms with Gasteiger partial charge in [-0.05, 0) is 57.4 Å². The van der Waals surface area contributed by atoms with Crippen LogP contribution in [0.15, 0.2) is 23.1 Å². The second-order valence-corrected chi connectivity index (χ2v) is 9.77. The first-order valence-corrected chi connectivity index (χ1v) is 11.6. The molecule has 0 radical (unpaired) electrons. The zero-order valence-electron chi connectivity index (χ0n) is 17.1. The summed E-state index contributed by atoms with van der Waals surface area (Å²) in [6.45, 7) is 1.12. The Morgan fingerprint density at radius 1 is 1.24 bits per heavy atom. The molecular weight excluding hydrogens is 394 g/mol. The van der Waals surface area contributed by atoms with Crippen molar-refractivity contribution in [3.05, 3.63) is 18.2 Å². The Kier molecular flexibility index (Phi) is 7.15. The second kappa shape index (κ2) is 9.42. The summed E-state index contributed by atoms with van der Waals surface area (Å²) in [6.07, 6.45) is 4.89. The highest BCUT2D eigenvalue weighted by Crippen LogP contribution is 2.31. The lowest BCUT2D eigenvalue weighted by Gasteiger charge is -2.27. The van der Waals surface area contributed by atoms with Crippen LogP contribution in [0.2, 0.25) is 0 Å². The van der Waals surface area contributed by atoms with Gasteiger partial charge in [-0.2, -0.15) is 4.31 Å². The van der Waals surface area contributed by atoms with E-state index in [-0.39, 0.29) is 29.1 Å².